The number of ether oxygens (including phenoxy) is 1. The maximum Gasteiger partial charge on any atom is 0.244 e. The van der Waals surface area contributed by atoms with Gasteiger partial charge in [-0.25, -0.2) is 0 Å². The van der Waals surface area contributed by atoms with E-state index in [9.17, 15) is 4.79 Å². The van der Waals surface area contributed by atoms with Crippen LogP contribution in [-0.2, 0) is 11.3 Å². The van der Waals surface area contributed by atoms with Crippen molar-refractivity contribution in [2.24, 2.45) is 0 Å². The molecule has 0 bridgehead atoms. The van der Waals surface area contributed by atoms with Crippen molar-refractivity contribution in [3.63, 3.8) is 0 Å². The summed E-state index contributed by atoms with van der Waals surface area (Å²) in [5.41, 5.74) is 2.42. The summed E-state index contributed by atoms with van der Waals surface area (Å²) in [6.07, 6.45) is 2.26. The van der Waals surface area contributed by atoms with Crippen molar-refractivity contribution in [3.8, 4) is 5.75 Å². The zero-order valence-electron chi connectivity index (χ0n) is 17.3. The van der Waals surface area contributed by atoms with Crippen LogP contribution < -0.4 is 4.74 Å². The van der Waals surface area contributed by atoms with E-state index in [4.69, 9.17) is 4.74 Å². The van der Waals surface area contributed by atoms with E-state index in [0.29, 0.717) is 0 Å². The van der Waals surface area contributed by atoms with Gasteiger partial charge in [-0.05, 0) is 36.1 Å². The molecule has 154 valence electrons. The molecule has 2 aliphatic rings. The normalized spacial score (nSPS) is 19.3. The van der Waals surface area contributed by atoms with Gasteiger partial charge in [0.1, 0.15) is 11.8 Å². The predicted molar refractivity (Wildman–Crippen MR) is 115 cm³/mol. The van der Waals surface area contributed by atoms with Crippen LogP contribution in [0, 0.1) is 0 Å². The first-order chi connectivity index (χ1) is 14.2. The highest BCUT2D eigenvalue weighted by Gasteiger charge is 2.34. The molecule has 2 aromatic rings. The van der Waals surface area contributed by atoms with Crippen LogP contribution in [-0.4, -0.2) is 67.0 Å². The van der Waals surface area contributed by atoms with Crippen LogP contribution in [0.5, 0.6) is 5.75 Å². The molecule has 0 saturated carbocycles. The smallest absolute Gasteiger partial charge is 0.244 e. The van der Waals surface area contributed by atoms with Crippen molar-refractivity contribution in [3.05, 3.63) is 65.7 Å². The Labute approximate surface area is 173 Å². The van der Waals surface area contributed by atoms with Gasteiger partial charge in [0.25, 0.3) is 0 Å². The Balaban J connectivity index is 1.41. The van der Waals surface area contributed by atoms with E-state index in [2.05, 4.69) is 39.0 Å². The number of carbonyl (C=O) groups is 1. The van der Waals surface area contributed by atoms with Crippen LogP contribution in [0.15, 0.2) is 54.6 Å². The number of likely N-dealkylation sites (tertiary alicyclic amines) is 1. The third-order valence-corrected chi connectivity index (χ3v) is 6.10. The number of benzene rings is 2. The highest BCUT2D eigenvalue weighted by Crippen LogP contribution is 2.27. The third kappa shape index (κ3) is 4.80. The second-order valence-electron chi connectivity index (χ2n) is 8.01. The van der Waals surface area contributed by atoms with E-state index in [0.717, 1.165) is 70.0 Å². The fraction of sp³-hybridized carbons (Fsp3) is 0.458. The molecule has 2 saturated heterocycles. The lowest BCUT2D eigenvalue weighted by atomic mass is 10.0. The average Bonchev–Trinajstić information content (AvgIpc) is 3.31. The number of piperazine rings is 1. The molecule has 1 amide bonds. The number of methoxy groups -OCH3 is 1. The average molecular weight is 394 g/mol. The van der Waals surface area contributed by atoms with Gasteiger partial charge in [-0.15, -0.1) is 0 Å². The minimum absolute atomic E-state index is 0.155. The summed E-state index contributed by atoms with van der Waals surface area (Å²) in [4.78, 5) is 20.2. The molecule has 0 aliphatic carbocycles. The molecular weight excluding hydrogens is 362 g/mol. The van der Waals surface area contributed by atoms with E-state index in [1.807, 2.05) is 30.3 Å². The van der Waals surface area contributed by atoms with Crippen molar-refractivity contribution in [2.75, 3.05) is 46.4 Å². The Kier molecular flexibility index (Phi) is 6.47. The van der Waals surface area contributed by atoms with E-state index in [-0.39, 0.29) is 11.9 Å². The lowest BCUT2D eigenvalue weighted by Crippen LogP contribution is -2.51. The summed E-state index contributed by atoms with van der Waals surface area (Å²) in [6, 6.07) is 18.5. The minimum Gasteiger partial charge on any atom is -0.497 e. The van der Waals surface area contributed by atoms with E-state index in [1.54, 1.807) is 7.11 Å². The van der Waals surface area contributed by atoms with Gasteiger partial charge in [0.05, 0.1) is 7.11 Å². The van der Waals surface area contributed by atoms with Crippen molar-refractivity contribution >= 4 is 5.91 Å². The Morgan fingerprint density at radius 3 is 2.17 bits per heavy atom. The summed E-state index contributed by atoms with van der Waals surface area (Å²) in [7, 11) is 1.70. The second kappa shape index (κ2) is 9.42. The molecule has 0 N–H and O–H groups in total. The van der Waals surface area contributed by atoms with Crippen LogP contribution in [0.1, 0.15) is 30.0 Å². The van der Waals surface area contributed by atoms with E-state index >= 15 is 0 Å². The zero-order chi connectivity index (χ0) is 20.1. The topological polar surface area (TPSA) is 36.0 Å². The van der Waals surface area contributed by atoms with Crippen molar-refractivity contribution in [1.82, 2.24) is 14.7 Å². The maximum absolute atomic E-state index is 13.3. The summed E-state index contributed by atoms with van der Waals surface area (Å²) >= 11 is 0. The van der Waals surface area contributed by atoms with Gasteiger partial charge < -0.3 is 9.64 Å². The number of carbonyl (C=O) groups excluding carboxylic acids is 1. The van der Waals surface area contributed by atoms with Crippen LogP contribution in [0.4, 0.5) is 0 Å². The predicted octanol–water partition coefficient (Wildman–Crippen LogP) is 3.18. The molecule has 1 atom stereocenters. The lowest BCUT2D eigenvalue weighted by molar-refractivity contribution is -0.137. The largest absolute Gasteiger partial charge is 0.497 e. The molecule has 2 heterocycles. The van der Waals surface area contributed by atoms with Crippen molar-refractivity contribution < 1.29 is 9.53 Å². The standard InChI is InChI=1S/C24H31N3O2/c1-29-22-11-9-20(10-12-22)19-25-15-17-26(18-16-25)23(21-7-3-2-4-8-21)24(28)27-13-5-6-14-27/h2-4,7-12,23H,5-6,13-19H2,1H3/t23-/m0/s1. The van der Waals surface area contributed by atoms with Crippen LogP contribution in [0.25, 0.3) is 0 Å². The first-order valence-electron chi connectivity index (χ1n) is 10.7. The number of nitrogens with zero attached hydrogens (tertiary/aromatic N) is 3. The summed E-state index contributed by atoms with van der Waals surface area (Å²) < 4.78 is 5.25. The van der Waals surface area contributed by atoms with Crippen LogP contribution >= 0.6 is 0 Å². The minimum atomic E-state index is -0.155. The Morgan fingerprint density at radius 2 is 1.55 bits per heavy atom. The van der Waals surface area contributed by atoms with Crippen LogP contribution in [0.2, 0.25) is 0 Å². The molecular formula is C24H31N3O2. The third-order valence-electron chi connectivity index (χ3n) is 6.10. The fourth-order valence-corrected chi connectivity index (χ4v) is 4.42. The monoisotopic (exact) mass is 393 g/mol. The highest BCUT2D eigenvalue weighted by molar-refractivity contribution is 5.83. The SMILES string of the molecule is COc1ccc(CN2CCN([C@H](C(=O)N3CCCC3)c3ccccc3)CC2)cc1. The second-order valence-corrected chi connectivity index (χ2v) is 8.01. The Morgan fingerprint density at radius 1 is 0.897 bits per heavy atom. The lowest BCUT2D eigenvalue weighted by Gasteiger charge is -2.40. The van der Waals surface area contributed by atoms with Gasteiger partial charge in [0.2, 0.25) is 5.91 Å². The van der Waals surface area contributed by atoms with Gasteiger partial charge in [0, 0.05) is 45.8 Å². The molecule has 2 fully saturated rings. The maximum atomic E-state index is 13.3. The summed E-state index contributed by atoms with van der Waals surface area (Å²) in [5, 5.41) is 0. The Hall–Kier alpha value is -2.37. The zero-order valence-corrected chi connectivity index (χ0v) is 17.3. The molecule has 29 heavy (non-hydrogen) atoms. The quantitative estimate of drug-likeness (QED) is 0.755. The molecule has 2 aromatic carbocycles. The number of amides is 1. The molecule has 5 heteroatoms. The molecule has 4 rings (SSSR count). The first kappa shape index (κ1) is 19.9. The molecule has 0 spiro atoms. The molecule has 5 nitrogen and oxygen atoms in total. The fourth-order valence-electron chi connectivity index (χ4n) is 4.42. The van der Waals surface area contributed by atoms with Gasteiger partial charge in [-0.3, -0.25) is 14.6 Å². The van der Waals surface area contributed by atoms with Gasteiger partial charge in [-0.1, -0.05) is 42.5 Å². The number of hydrogen-bond acceptors (Lipinski definition) is 4. The van der Waals surface area contributed by atoms with Gasteiger partial charge in [-0.2, -0.15) is 0 Å². The molecule has 0 radical (unpaired) electrons. The highest BCUT2D eigenvalue weighted by atomic mass is 16.5. The van der Waals surface area contributed by atoms with Crippen LogP contribution in [0.3, 0.4) is 0 Å². The number of hydrogen-bond donors (Lipinski definition) is 0. The Bertz CT molecular complexity index is 780. The molecule has 0 aromatic heterocycles. The molecule has 2 aliphatic heterocycles. The summed E-state index contributed by atoms with van der Waals surface area (Å²) in [6.45, 7) is 6.52. The first-order valence-corrected chi connectivity index (χ1v) is 10.7. The number of rotatable bonds is 6. The van der Waals surface area contributed by atoms with E-state index in [1.165, 1.54) is 5.56 Å². The molecule has 0 unspecified atom stereocenters. The summed E-state index contributed by atoms with van der Waals surface area (Å²) in [5.74, 6) is 1.17. The van der Waals surface area contributed by atoms with E-state index < -0.39 is 0 Å². The van der Waals surface area contributed by atoms with Gasteiger partial charge in [0.15, 0.2) is 0 Å². The van der Waals surface area contributed by atoms with Gasteiger partial charge >= 0.3 is 0 Å². The van der Waals surface area contributed by atoms with Crippen molar-refractivity contribution in [2.45, 2.75) is 25.4 Å². The van der Waals surface area contributed by atoms with Crippen molar-refractivity contribution in [1.29, 1.82) is 0 Å².